The minimum Gasteiger partial charge on any atom is -0.355 e. The fourth-order valence-corrected chi connectivity index (χ4v) is 1.70. The molecule has 0 fully saturated rings. The maximum Gasteiger partial charge on any atom is 0.251 e. The van der Waals surface area contributed by atoms with Gasteiger partial charge in [-0.1, -0.05) is 0 Å². The first-order valence-electron chi connectivity index (χ1n) is 5.18. The van der Waals surface area contributed by atoms with E-state index in [-0.39, 0.29) is 5.91 Å². The van der Waals surface area contributed by atoms with Gasteiger partial charge in [-0.15, -0.1) is 0 Å². The normalized spacial score (nSPS) is 10.1. The molecule has 1 aromatic heterocycles. The van der Waals surface area contributed by atoms with Crippen molar-refractivity contribution in [3.05, 3.63) is 53.9 Å². The average Bonchev–Trinajstić information content (AvgIpc) is 2.81. The molecule has 2 aromatic rings. The summed E-state index contributed by atoms with van der Waals surface area (Å²) in [6.07, 6.45) is 3.96. The van der Waals surface area contributed by atoms with Crippen LogP contribution in [0.25, 0.3) is 5.69 Å². The Kier molecular flexibility index (Phi) is 2.77. The molecule has 2 rings (SSSR count). The molecule has 3 nitrogen and oxygen atoms in total. The van der Waals surface area contributed by atoms with Gasteiger partial charge in [-0.2, -0.15) is 0 Å². The number of benzene rings is 1. The molecule has 1 N–H and O–H groups in total. The van der Waals surface area contributed by atoms with Gasteiger partial charge in [0.2, 0.25) is 0 Å². The lowest BCUT2D eigenvalue weighted by atomic mass is 10.1. The Morgan fingerprint density at radius 2 is 1.94 bits per heavy atom. The Hall–Kier alpha value is -2.03. The van der Waals surface area contributed by atoms with Crippen molar-refractivity contribution in [3.8, 4) is 5.69 Å². The highest BCUT2D eigenvalue weighted by Crippen LogP contribution is 2.14. The molecule has 1 heterocycles. The molecule has 0 saturated heterocycles. The number of amides is 1. The van der Waals surface area contributed by atoms with Crippen LogP contribution in [0.2, 0.25) is 0 Å². The molecular formula is C13H14N2O. The summed E-state index contributed by atoms with van der Waals surface area (Å²) >= 11 is 0. The second-order valence-electron chi connectivity index (χ2n) is 3.67. The summed E-state index contributed by atoms with van der Waals surface area (Å²) in [5.74, 6) is -0.0449. The second-order valence-corrected chi connectivity index (χ2v) is 3.67. The lowest BCUT2D eigenvalue weighted by Gasteiger charge is -2.08. The van der Waals surface area contributed by atoms with Crippen LogP contribution in [-0.2, 0) is 0 Å². The summed E-state index contributed by atoms with van der Waals surface area (Å²) in [5, 5.41) is 2.63. The van der Waals surface area contributed by atoms with E-state index in [1.807, 2.05) is 54.2 Å². The molecule has 3 heteroatoms. The fourth-order valence-electron chi connectivity index (χ4n) is 1.70. The van der Waals surface area contributed by atoms with Gasteiger partial charge in [0, 0.05) is 30.7 Å². The van der Waals surface area contributed by atoms with E-state index in [4.69, 9.17) is 0 Å². The van der Waals surface area contributed by atoms with Gasteiger partial charge in [0.15, 0.2) is 0 Å². The maximum absolute atomic E-state index is 11.5. The van der Waals surface area contributed by atoms with Crippen molar-refractivity contribution in [2.24, 2.45) is 0 Å². The van der Waals surface area contributed by atoms with Gasteiger partial charge in [0.1, 0.15) is 0 Å². The number of nitrogens with zero attached hydrogens (tertiary/aromatic N) is 1. The highest BCUT2D eigenvalue weighted by Gasteiger charge is 2.07. The van der Waals surface area contributed by atoms with Gasteiger partial charge in [0.05, 0.1) is 0 Å². The zero-order chi connectivity index (χ0) is 11.5. The Morgan fingerprint density at radius 3 is 2.50 bits per heavy atom. The summed E-state index contributed by atoms with van der Waals surface area (Å²) < 4.78 is 2.01. The van der Waals surface area contributed by atoms with Crippen molar-refractivity contribution < 1.29 is 4.79 Å². The van der Waals surface area contributed by atoms with Gasteiger partial charge < -0.3 is 9.88 Å². The van der Waals surface area contributed by atoms with Crippen LogP contribution >= 0.6 is 0 Å². The van der Waals surface area contributed by atoms with Crippen LogP contribution in [0.15, 0.2) is 42.7 Å². The van der Waals surface area contributed by atoms with E-state index in [0.29, 0.717) is 0 Å². The van der Waals surface area contributed by atoms with Gasteiger partial charge >= 0.3 is 0 Å². The molecule has 0 saturated carbocycles. The van der Waals surface area contributed by atoms with Crippen LogP contribution in [0.4, 0.5) is 0 Å². The minimum absolute atomic E-state index is 0.0449. The largest absolute Gasteiger partial charge is 0.355 e. The molecule has 1 aromatic carbocycles. The smallest absolute Gasteiger partial charge is 0.251 e. The summed E-state index contributed by atoms with van der Waals surface area (Å²) in [5.41, 5.74) is 2.76. The third kappa shape index (κ3) is 1.84. The quantitative estimate of drug-likeness (QED) is 0.816. The first kappa shape index (κ1) is 10.5. The predicted octanol–water partition coefficient (Wildman–Crippen LogP) is 2.15. The number of rotatable bonds is 2. The zero-order valence-corrected chi connectivity index (χ0v) is 9.40. The average molecular weight is 214 g/mol. The Labute approximate surface area is 94.7 Å². The summed E-state index contributed by atoms with van der Waals surface area (Å²) in [4.78, 5) is 11.5. The summed E-state index contributed by atoms with van der Waals surface area (Å²) in [7, 11) is 1.64. The van der Waals surface area contributed by atoms with Crippen molar-refractivity contribution in [2.75, 3.05) is 7.05 Å². The number of nitrogens with one attached hydrogen (secondary N) is 1. The number of hydrogen-bond donors (Lipinski definition) is 1. The van der Waals surface area contributed by atoms with E-state index in [1.165, 1.54) is 0 Å². The van der Waals surface area contributed by atoms with Crippen LogP contribution < -0.4 is 5.32 Å². The number of carbonyl (C=O) groups excluding carboxylic acids is 1. The first-order chi connectivity index (χ1) is 7.72. The van der Waals surface area contributed by atoms with E-state index in [0.717, 1.165) is 16.8 Å². The van der Waals surface area contributed by atoms with Crippen molar-refractivity contribution >= 4 is 5.91 Å². The third-order valence-electron chi connectivity index (χ3n) is 2.58. The number of aromatic nitrogens is 1. The lowest BCUT2D eigenvalue weighted by molar-refractivity contribution is 0.0962. The molecule has 0 aliphatic heterocycles. The van der Waals surface area contributed by atoms with E-state index in [1.54, 1.807) is 7.05 Å². The number of aryl methyl sites for hydroxylation is 1. The van der Waals surface area contributed by atoms with Crippen molar-refractivity contribution in [3.63, 3.8) is 0 Å². The lowest BCUT2D eigenvalue weighted by Crippen LogP contribution is -2.18. The molecule has 16 heavy (non-hydrogen) atoms. The van der Waals surface area contributed by atoms with Crippen molar-refractivity contribution in [2.45, 2.75) is 6.92 Å². The summed E-state index contributed by atoms with van der Waals surface area (Å²) in [6, 6.07) is 9.75. The molecule has 0 aliphatic rings. The fraction of sp³-hybridized carbons (Fsp3) is 0.154. The van der Waals surface area contributed by atoms with Gasteiger partial charge in [0.25, 0.3) is 5.91 Å². The molecule has 0 radical (unpaired) electrons. The van der Waals surface area contributed by atoms with E-state index >= 15 is 0 Å². The molecule has 0 atom stereocenters. The Morgan fingerprint density at radius 1 is 1.25 bits per heavy atom. The number of hydrogen-bond acceptors (Lipinski definition) is 1. The van der Waals surface area contributed by atoms with E-state index in [2.05, 4.69) is 5.32 Å². The highest BCUT2D eigenvalue weighted by molar-refractivity contribution is 5.95. The first-order valence-corrected chi connectivity index (χ1v) is 5.18. The zero-order valence-electron chi connectivity index (χ0n) is 9.40. The van der Waals surface area contributed by atoms with Crippen LogP contribution in [0.3, 0.4) is 0 Å². The highest BCUT2D eigenvalue weighted by atomic mass is 16.1. The van der Waals surface area contributed by atoms with Gasteiger partial charge in [-0.05, 0) is 42.8 Å². The van der Waals surface area contributed by atoms with Crippen LogP contribution in [0, 0.1) is 6.92 Å². The molecule has 0 unspecified atom stereocenters. The van der Waals surface area contributed by atoms with Crippen molar-refractivity contribution in [1.82, 2.24) is 9.88 Å². The predicted molar refractivity (Wildman–Crippen MR) is 63.9 cm³/mol. The topological polar surface area (TPSA) is 34.0 Å². The molecule has 1 amide bonds. The SMILES string of the molecule is CNC(=O)c1ccc(-n2cccc2)cc1C. The molecule has 0 spiro atoms. The Balaban J connectivity index is 2.41. The van der Waals surface area contributed by atoms with E-state index < -0.39 is 0 Å². The van der Waals surface area contributed by atoms with Crippen LogP contribution in [0.5, 0.6) is 0 Å². The van der Waals surface area contributed by atoms with Crippen LogP contribution in [-0.4, -0.2) is 17.5 Å². The third-order valence-corrected chi connectivity index (χ3v) is 2.58. The molecule has 0 aliphatic carbocycles. The standard InChI is InChI=1S/C13H14N2O/c1-10-9-11(15-7-3-4-8-15)5-6-12(10)13(16)14-2/h3-9H,1-2H3,(H,14,16). The van der Waals surface area contributed by atoms with Crippen LogP contribution in [0.1, 0.15) is 15.9 Å². The monoisotopic (exact) mass is 214 g/mol. The van der Waals surface area contributed by atoms with Gasteiger partial charge in [-0.25, -0.2) is 0 Å². The molecular weight excluding hydrogens is 200 g/mol. The Bertz CT molecular complexity index is 501. The number of carbonyl (C=O) groups is 1. The maximum atomic E-state index is 11.5. The molecule has 82 valence electrons. The molecule has 0 bridgehead atoms. The van der Waals surface area contributed by atoms with Crippen molar-refractivity contribution in [1.29, 1.82) is 0 Å². The summed E-state index contributed by atoms with van der Waals surface area (Å²) in [6.45, 7) is 1.94. The van der Waals surface area contributed by atoms with E-state index in [9.17, 15) is 4.79 Å². The van der Waals surface area contributed by atoms with Gasteiger partial charge in [-0.3, -0.25) is 4.79 Å². The minimum atomic E-state index is -0.0449. The second kappa shape index (κ2) is 4.23.